The summed E-state index contributed by atoms with van der Waals surface area (Å²) in [5.74, 6) is -0.260. The molecule has 2 N–H and O–H groups in total. The number of nitrogens with two attached hydrogens (primary N) is 1. The molecule has 3 atom stereocenters. The number of imidazole rings is 1. The molecule has 1 aliphatic heterocycles. The van der Waals surface area contributed by atoms with Crippen molar-refractivity contribution >= 4 is 17.1 Å². The molecule has 1 saturated carbocycles. The van der Waals surface area contributed by atoms with Crippen molar-refractivity contribution in [1.29, 1.82) is 0 Å². The molecule has 1 amide bonds. The summed E-state index contributed by atoms with van der Waals surface area (Å²) in [6.07, 6.45) is 5.44. The molecule has 1 aliphatic carbocycles. The number of aromatic nitrogens is 3. The van der Waals surface area contributed by atoms with Gasteiger partial charge in [0.1, 0.15) is 6.26 Å². The number of hydrogen-bond donors (Lipinski definition) is 1. The molecule has 8 nitrogen and oxygen atoms in total. The van der Waals surface area contributed by atoms with Crippen LogP contribution in [0, 0.1) is 10.8 Å². The summed E-state index contributed by atoms with van der Waals surface area (Å²) in [6, 6.07) is 4.18. The summed E-state index contributed by atoms with van der Waals surface area (Å²) >= 11 is 0. The van der Waals surface area contributed by atoms with Crippen LogP contribution in [0.4, 0.5) is 0 Å². The minimum Gasteiger partial charge on any atom is -0.467 e. The predicted molar refractivity (Wildman–Crippen MR) is 124 cm³/mol. The molecule has 0 spiro atoms. The fourth-order valence-corrected chi connectivity index (χ4v) is 5.17. The number of primary amides is 1. The maximum atomic E-state index is 12.9. The number of carbonyl (C=O) groups is 1. The number of nitrogens with zero attached hydrogens (tertiary/aromatic N) is 4. The molecular formula is C24H35N5O3. The van der Waals surface area contributed by atoms with Gasteiger partial charge in [-0.05, 0) is 42.2 Å². The van der Waals surface area contributed by atoms with E-state index in [0.717, 1.165) is 36.1 Å². The van der Waals surface area contributed by atoms with Crippen molar-refractivity contribution in [3.8, 4) is 0 Å². The van der Waals surface area contributed by atoms with E-state index in [0.29, 0.717) is 6.54 Å². The molecule has 0 saturated heterocycles. The third kappa shape index (κ3) is 3.91. The van der Waals surface area contributed by atoms with Crippen molar-refractivity contribution in [2.24, 2.45) is 23.6 Å². The zero-order valence-electron chi connectivity index (χ0n) is 20.0. The quantitative estimate of drug-likeness (QED) is 0.787. The van der Waals surface area contributed by atoms with Gasteiger partial charge in [-0.25, -0.2) is 9.78 Å². The molecular weight excluding hydrogens is 406 g/mol. The Morgan fingerprint density at radius 2 is 2.03 bits per heavy atom. The van der Waals surface area contributed by atoms with Crippen molar-refractivity contribution in [3.63, 3.8) is 0 Å². The molecule has 174 valence electrons. The van der Waals surface area contributed by atoms with E-state index in [2.05, 4.69) is 40.7 Å². The Bertz CT molecular complexity index is 1120. The maximum Gasteiger partial charge on any atom is 0.330 e. The van der Waals surface area contributed by atoms with E-state index in [1.54, 1.807) is 17.9 Å². The van der Waals surface area contributed by atoms with E-state index < -0.39 is 12.1 Å². The molecule has 3 unspecified atom stereocenters. The largest absolute Gasteiger partial charge is 0.467 e. The monoisotopic (exact) mass is 441 g/mol. The van der Waals surface area contributed by atoms with E-state index in [4.69, 9.17) is 15.5 Å². The highest BCUT2D eigenvalue weighted by atomic mass is 16.5. The first-order chi connectivity index (χ1) is 14.9. The molecule has 3 heterocycles. The van der Waals surface area contributed by atoms with E-state index in [9.17, 15) is 9.59 Å². The molecule has 0 aromatic carbocycles. The normalized spacial score (nSPS) is 25.3. The third-order valence-corrected chi connectivity index (χ3v) is 6.91. The lowest BCUT2D eigenvalue weighted by molar-refractivity contribution is -0.135. The number of rotatable bonds is 4. The van der Waals surface area contributed by atoms with Crippen LogP contribution >= 0.6 is 0 Å². The van der Waals surface area contributed by atoms with Crippen molar-refractivity contribution in [1.82, 2.24) is 19.0 Å². The first-order valence-corrected chi connectivity index (χ1v) is 11.3. The number of amides is 1. The molecule has 2 aromatic rings. The van der Waals surface area contributed by atoms with E-state index >= 15 is 0 Å². The van der Waals surface area contributed by atoms with Crippen molar-refractivity contribution < 1.29 is 9.53 Å². The van der Waals surface area contributed by atoms with Crippen molar-refractivity contribution in [2.45, 2.75) is 78.6 Å². The Morgan fingerprint density at radius 3 is 2.69 bits per heavy atom. The summed E-state index contributed by atoms with van der Waals surface area (Å²) < 4.78 is 8.93. The van der Waals surface area contributed by atoms with Gasteiger partial charge in [-0.1, -0.05) is 34.6 Å². The average molecular weight is 442 g/mol. The Kier molecular flexibility index (Phi) is 5.38. The number of aryl methyl sites for hydroxylation is 1. The van der Waals surface area contributed by atoms with E-state index in [1.807, 2.05) is 21.7 Å². The van der Waals surface area contributed by atoms with Gasteiger partial charge in [-0.3, -0.25) is 13.9 Å². The van der Waals surface area contributed by atoms with Crippen LogP contribution in [0.1, 0.15) is 65.5 Å². The Morgan fingerprint density at radius 1 is 1.31 bits per heavy atom. The van der Waals surface area contributed by atoms with E-state index in [1.165, 1.54) is 0 Å². The van der Waals surface area contributed by atoms with Crippen LogP contribution in [-0.4, -0.2) is 37.2 Å². The number of hydrogen-bond acceptors (Lipinski definition) is 5. The molecule has 8 heteroatoms. The molecule has 2 aromatic heterocycles. The van der Waals surface area contributed by atoms with Crippen LogP contribution < -0.4 is 11.4 Å². The summed E-state index contributed by atoms with van der Waals surface area (Å²) in [4.78, 5) is 31.7. The zero-order chi connectivity index (χ0) is 23.4. The van der Waals surface area contributed by atoms with Gasteiger partial charge < -0.3 is 15.4 Å². The minimum absolute atomic E-state index is 0.00473. The second-order valence-electron chi connectivity index (χ2n) is 11.2. The van der Waals surface area contributed by atoms with Crippen molar-refractivity contribution in [2.75, 3.05) is 0 Å². The average Bonchev–Trinajstić information content (AvgIpc) is 3.27. The Labute approximate surface area is 189 Å². The van der Waals surface area contributed by atoms with Crippen LogP contribution in [0.3, 0.4) is 0 Å². The minimum atomic E-state index is -0.763. The van der Waals surface area contributed by atoms with Crippen LogP contribution in [0.15, 0.2) is 29.4 Å². The van der Waals surface area contributed by atoms with Gasteiger partial charge in [0.25, 0.3) is 12.1 Å². The summed E-state index contributed by atoms with van der Waals surface area (Å²) in [5.41, 5.74) is 8.10. The van der Waals surface area contributed by atoms with Gasteiger partial charge in [0.15, 0.2) is 5.65 Å². The molecule has 4 rings (SSSR count). The fourth-order valence-electron chi connectivity index (χ4n) is 5.17. The lowest BCUT2D eigenvalue weighted by atomic mass is 9.68. The second kappa shape index (κ2) is 7.67. The lowest BCUT2D eigenvalue weighted by Crippen LogP contribution is -2.52. The summed E-state index contributed by atoms with van der Waals surface area (Å²) in [5, 5.41) is 0. The number of ether oxygens (including phenoxy) is 1. The number of pyridine rings is 1. The Hall–Kier alpha value is -2.77. The van der Waals surface area contributed by atoms with Gasteiger partial charge in [0.05, 0.1) is 5.52 Å². The molecule has 1 fully saturated rings. The van der Waals surface area contributed by atoms with Gasteiger partial charge >= 0.3 is 5.69 Å². The first-order valence-electron chi connectivity index (χ1n) is 11.3. The van der Waals surface area contributed by atoms with Gasteiger partial charge in [0, 0.05) is 37.4 Å². The first kappa shape index (κ1) is 22.4. The van der Waals surface area contributed by atoms with Crippen LogP contribution in [0.5, 0.6) is 0 Å². The highest BCUT2D eigenvalue weighted by Crippen LogP contribution is 2.46. The van der Waals surface area contributed by atoms with Crippen LogP contribution in [0.2, 0.25) is 0 Å². The Balaban J connectivity index is 1.67. The second-order valence-corrected chi connectivity index (χ2v) is 11.2. The predicted octanol–water partition coefficient (Wildman–Crippen LogP) is 3.06. The maximum absolute atomic E-state index is 12.9. The third-order valence-electron chi connectivity index (χ3n) is 6.91. The van der Waals surface area contributed by atoms with Gasteiger partial charge in [-0.15, -0.1) is 0 Å². The zero-order valence-corrected chi connectivity index (χ0v) is 20.0. The topological polar surface area (TPSA) is 95.4 Å². The highest BCUT2D eigenvalue weighted by Gasteiger charge is 2.44. The van der Waals surface area contributed by atoms with Gasteiger partial charge in [0.2, 0.25) is 0 Å². The highest BCUT2D eigenvalue weighted by molar-refractivity contribution is 5.79. The molecule has 32 heavy (non-hydrogen) atoms. The smallest absolute Gasteiger partial charge is 0.330 e. The SMILES string of the molecule is Cn1c(=O)n(CC(C)(C)C)c2ccc(C3CCC(C)(C)C(N4C=COC4C(N)=O)C3)nc21. The summed E-state index contributed by atoms with van der Waals surface area (Å²) in [7, 11) is 1.79. The molecule has 0 bridgehead atoms. The van der Waals surface area contributed by atoms with Crippen LogP contribution in [0.25, 0.3) is 11.2 Å². The lowest BCUT2D eigenvalue weighted by Gasteiger charge is -2.47. The van der Waals surface area contributed by atoms with E-state index in [-0.39, 0.29) is 28.5 Å². The van der Waals surface area contributed by atoms with Gasteiger partial charge in [-0.2, -0.15) is 0 Å². The standard InChI is InChI=1S/C24H35N5O3/c1-23(2,3)14-29-17-8-7-16(26-20(17)27(6)22(29)31)15-9-10-24(4,5)18(13-15)28-11-12-32-21(28)19(25)30/h7-8,11-12,15,18,21H,9-10,13-14H2,1-6H3,(H2,25,30). The fraction of sp³-hybridized carbons (Fsp3) is 0.625. The molecule has 0 radical (unpaired) electrons. The number of carbonyl (C=O) groups excluding carboxylic acids is 1. The molecule has 2 aliphatic rings. The summed E-state index contributed by atoms with van der Waals surface area (Å²) in [6.45, 7) is 11.5. The van der Waals surface area contributed by atoms with Crippen molar-refractivity contribution in [3.05, 3.63) is 40.8 Å². The van der Waals surface area contributed by atoms with Crippen LogP contribution in [-0.2, 0) is 23.1 Å². The number of fused-ring (bicyclic) bond motifs is 1.